The SMILES string of the molecule is COC(=O)CCC(CCC(=O)OC)CCC(CC(=O)OC)c1ccccc1. The Labute approximate surface area is 161 Å². The van der Waals surface area contributed by atoms with Gasteiger partial charge in [-0.2, -0.15) is 0 Å². The van der Waals surface area contributed by atoms with E-state index < -0.39 is 0 Å². The first-order valence-electron chi connectivity index (χ1n) is 9.25. The second kappa shape index (κ2) is 12.9. The van der Waals surface area contributed by atoms with E-state index in [2.05, 4.69) is 0 Å². The Hall–Kier alpha value is -2.37. The van der Waals surface area contributed by atoms with Crippen LogP contribution in [0.3, 0.4) is 0 Å². The molecular weight excluding hydrogens is 348 g/mol. The lowest BCUT2D eigenvalue weighted by atomic mass is 9.85. The van der Waals surface area contributed by atoms with E-state index >= 15 is 0 Å². The Morgan fingerprint density at radius 1 is 0.741 bits per heavy atom. The molecule has 1 aromatic carbocycles. The van der Waals surface area contributed by atoms with Crippen molar-refractivity contribution in [1.82, 2.24) is 0 Å². The van der Waals surface area contributed by atoms with Gasteiger partial charge < -0.3 is 14.2 Å². The van der Waals surface area contributed by atoms with Crippen LogP contribution < -0.4 is 0 Å². The topological polar surface area (TPSA) is 78.9 Å². The molecule has 0 bridgehead atoms. The maximum absolute atomic E-state index is 11.8. The largest absolute Gasteiger partial charge is 0.469 e. The van der Waals surface area contributed by atoms with Crippen LogP contribution in [0.25, 0.3) is 0 Å². The van der Waals surface area contributed by atoms with E-state index in [1.165, 1.54) is 21.3 Å². The molecule has 0 aliphatic carbocycles. The zero-order valence-electron chi connectivity index (χ0n) is 16.4. The van der Waals surface area contributed by atoms with E-state index in [1.54, 1.807) is 0 Å². The zero-order chi connectivity index (χ0) is 20.1. The van der Waals surface area contributed by atoms with E-state index in [0.717, 1.165) is 18.4 Å². The number of methoxy groups -OCH3 is 3. The van der Waals surface area contributed by atoms with Crippen LogP contribution >= 0.6 is 0 Å². The second-order valence-electron chi connectivity index (χ2n) is 6.56. The summed E-state index contributed by atoms with van der Waals surface area (Å²) in [6.07, 6.45) is 3.79. The lowest BCUT2D eigenvalue weighted by Gasteiger charge is -2.21. The second-order valence-corrected chi connectivity index (χ2v) is 6.56. The number of carbonyl (C=O) groups is 3. The van der Waals surface area contributed by atoms with Gasteiger partial charge in [-0.05, 0) is 43.1 Å². The number of hydrogen-bond acceptors (Lipinski definition) is 6. The molecule has 6 heteroatoms. The lowest BCUT2D eigenvalue weighted by molar-refractivity contribution is -0.142. The van der Waals surface area contributed by atoms with Gasteiger partial charge in [0, 0.05) is 12.8 Å². The van der Waals surface area contributed by atoms with Gasteiger partial charge in [0.05, 0.1) is 27.8 Å². The van der Waals surface area contributed by atoms with Gasteiger partial charge in [-0.25, -0.2) is 0 Å². The Morgan fingerprint density at radius 2 is 1.26 bits per heavy atom. The minimum atomic E-state index is -0.257. The highest BCUT2D eigenvalue weighted by molar-refractivity contribution is 5.70. The molecular formula is C21H30O6. The summed E-state index contributed by atoms with van der Waals surface area (Å²) in [5.41, 5.74) is 1.09. The minimum absolute atomic E-state index is 0.0393. The molecule has 1 aromatic rings. The van der Waals surface area contributed by atoms with Crippen molar-refractivity contribution in [2.75, 3.05) is 21.3 Å². The normalized spacial score (nSPS) is 11.7. The molecule has 0 spiro atoms. The third-order valence-corrected chi connectivity index (χ3v) is 4.80. The van der Waals surface area contributed by atoms with Crippen molar-refractivity contribution in [3.05, 3.63) is 35.9 Å². The molecule has 0 radical (unpaired) electrons. The van der Waals surface area contributed by atoms with E-state index in [4.69, 9.17) is 14.2 Å². The fourth-order valence-electron chi connectivity index (χ4n) is 3.11. The highest BCUT2D eigenvalue weighted by Gasteiger charge is 2.20. The average Bonchev–Trinajstić information content (AvgIpc) is 2.71. The molecule has 0 fully saturated rings. The quantitative estimate of drug-likeness (QED) is 0.408. The van der Waals surface area contributed by atoms with Crippen molar-refractivity contribution in [3.8, 4) is 0 Å². The van der Waals surface area contributed by atoms with Gasteiger partial charge >= 0.3 is 17.9 Å². The number of carbonyl (C=O) groups excluding carboxylic acids is 3. The van der Waals surface area contributed by atoms with Gasteiger partial charge in [0.2, 0.25) is 0 Å². The first-order valence-corrected chi connectivity index (χ1v) is 9.25. The average molecular weight is 378 g/mol. The van der Waals surface area contributed by atoms with Crippen molar-refractivity contribution in [2.45, 2.75) is 50.9 Å². The molecule has 27 heavy (non-hydrogen) atoms. The van der Waals surface area contributed by atoms with Crippen LogP contribution in [0.15, 0.2) is 30.3 Å². The van der Waals surface area contributed by atoms with E-state index in [9.17, 15) is 14.4 Å². The zero-order valence-corrected chi connectivity index (χ0v) is 16.4. The summed E-state index contributed by atoms with van der Waals surface area (Å²) in [7, 11) is 4.13. The first kappa shape index (κ1) is 22.7. The molecule has 0 heterocycles. The molecule has 1 atom stereocenters. The van der Waals surface area contributed by atoms with Crippen LogP contribution in [-0.4, -0.2) is 39.2 Å². The van der Waals surface area contributed by atoms with Gasteiger partial charge in [-0.3, -0.25) is 14.4 Å². The highest BCUT2D eigenvalue weighted by atomic mass is 16.5. The predicted octanol–water partition coefficient (Wildman–Crippen LogP) is 3.64. The Balaban J connectivity index is 2.74. The first-order chi connectivity index (χ1) is 13.0. The number of hydrogen-bond donors (Lipinski definition) is 0. The van der Waals surface area contributed by atoms with Gasteiger partial charge in [0.1, 0.15) is 0 Å². The van der Waals surface area contributed by atoms with Crippen LogP contribution in [0.4, 0.5) is 0 Å². The van der Waals surface area contributed by atoms with Crippen molar-refractivity contribution in [3.63, 3.8) is 0 Å². The summed E-state index contributed by atoms with van der Waals surface area (Å²) in [6.45, 7) is 0. The van der Waals surface area contributed by atoms with Gasteiger partial charge in [0.25, 0.3) is 0 Å². The van der Waals surface area contributed by atoms with E-state index in [0.29, 0.717) is 32.1 Å². The molecule has 150 valence electrons. The Morgan fingerprint density at radius 3 is 1.74 bits per heavy atom. The molecule has 6 nitrogen and oxygen atoms in total. The predicted molar refractivity (Wildman–Crippen MR) is 101 cm³/mol. The van der Waals surface area contributed by atoms with Gasteiger partial charge in [0.15, 0.2) is 0 Å². The third kappa shape index (κ3) is 9.22. The summed E-state index contributed by atoms with van der Waals surface area (Å²) in [6, 6.07) is 9.85. The third-order valence-electron chi connectivity index (χ3n) is 4.80. The molecule has 0 saturated carbocycles. The highest BCUT2D eigenvalue weighted by Crippen LogP contribution is 2.30. The molecule has 0 aliphatic rings. The maximum Gasteiger partial charge on any atom is 0.306 e. The smallest absolute Gasteiger partial charge is 0.306 e. The number of esters is 3. The molecule has 1 unspecified atom stereocenters. The number of rotatable bonds is 12. The summed E-state index contributed by atoms with van der Waals surface area (Å²) in [4.78, 5) is 34.8. The Kier molecular flexibility index (Phi) is 10.8. The van der Waals surface area contributed by atoms with Crippen molar-refractivity contribution >= 4 is 17.9 Å². The molecule has 0 saturated heterocycles. The molecule has 1 rings (SSSR count). The molecule has 0 aromatic heterocycles. The van der Waals surface area contributed by atoms with Crippen molar-refractivity contribution in [1.29, 1.82) is 0 Å². The van der Waals surface area contributed by atoms with Crippen LogP contribution in [0, 0.1) is 5.92 Å². The van der Waals surface area contributed by atoms with Gasteiger partial charge in [-0.15, -0.1) is 0 Å². The fraction of sp³-hybridized carbons (Fsp3) is 0.571. The van der Waals surface area contributed by atoms with Crippen LogP contribution in [0.5, 0.6) is 0 Å². The summed E-state index contributed by atoms with van der Waals surface area (Å²) >= 11 is 0. The standard InChI is InChI=1S/C21H30O6/c1-25-19(22)13-10-16(11-14-20(23)26-2)9-12-18(15-21(24)27-3)17-7-5-4-6-8-17/h4-8,16,18H,9-15H2,1-3H3. The lowest BCUT2D eigenvalue weighted by Crippen LogP contribution is -2.13. The van der Waals surface area contributed by atoms with Crippen LogP contribution in [-0.2, 0) is 28.6 Å². The van der Waals surface area contributed by atoms with Crippen LogP contribution in [0.2, 0.25) is 0 Å². The fourth-order valence-corrected chi connectivity index (χ4v) is 3.11. The summed E-state index contributed by atoms with van der Waals surface area (Å²) in [5, 5.41) is 0. The van der Waals surface area contributed by atoms with E-state index in [1.807, 2.05) is 30.3 Å². The van der Waals surface area contributed by atoms with E-state index in [-0.39, 0.29) is 29.7 Å². The molecule has 0 aliphatic heterocycles. The summed E-state index contributed by atoms with van der Waals surface area (Å²) in [5.74, 6) is -0.548. The maximum atomic E-state index is 11.8. The molecule has 0 N–H and O–H groups in total. The monoisotopic (exact) mass is 378 g/mol. The molecule has 0 amide bonds. The van der Waals surface area contributed by atoms with Crippen molar-refractivity contribution in [2.24, 2.45) is 5.92 Å². The van der Waals surface area contributed by atoms with Crippen LogP contribution in [0.1, 0.15) is 56.4 Å². The van der Waals surface area contributed by atoms with Gasteiger partial charge in [-0.1, -0.05) is 30.3 Å². The number of benzene rings is 1. The number of ether oxygens (including phenoxy) is 3. The Bertz CT molecular complexity index is 564. The summed E-state index contributed by atoms with van der Waals surface area (Å²) < 4.78 is 14.3. The minimum Gasteiger partial charge on any atom is -0.469 e. The van der Waals surface area contributed by atoms with Crippen molar-refractivity contribution < 1.29 is 28.6 Å².